The summed E-state index contributed by atoms with van der Waals surface area (Å²) in [4.78, 5) is 27.9. The Hall–Kier alpha value is -1.46. The summed E-state index contributed by atoms with van der Waals surface area (Å²) < 4.78 is 0. The van der Waals surface area contributed by atoms with Crippen molar-refractivity contribution in [1.82, 2.24) is 14.7 Å². The maximum Gasteiger partial charge on any atom is 0.407 e. The second-order valence-corrected chi connectivity index (χ2v) is 4.82. The van der Waals surface area contributed by atoms with Gasteiger partial charge in [-0.05, 0) is 19.8 Å². The van der Waals surface area contributed by atoms with E-state index in [2.05, 4.69) is 0 Å². The Morgan fingerprint density at radius 1 is 1.35 bits per heavy atom. The third-order valence-electron chi connectivity index (χ3n) is 3.84. The van der Waals surface area contributed by atoms with Crippen molar-refractivity contribution in [2.24, 2.45) is 0 Å². The molecule has 0 radical (unpaired) electrons. The fraction of sp³-hybridized carbons (Fsp3) is 0.818. The first-order chi connectivity index (χ1) is 8.02. The van der Waals surface area contributed by atoms with Crippen LogP contribution in [0.3, 0.4) is 0 Å². The van der Waals surface area contributed by atoms with Gasteiger partial charge in [0, 0.05) is 26.7 Å². The lowest BCUT2D eigenvalue weighted by atomic mass is 9.96. The molecule has 0 aromatic rings. The van der Waals surface area contributed by atoms with Crippen molar-refractivity contribution in [1.29, 1.82) is 0 Å². The Balaban J connectivity index is 2.10. The van der Waals surface area contributed by atoms with Crippen LogP contribution in [0.25, 0.3) is 0 Å². The Morgan fingerprint density at radius 2 is 2.06 bits per heavy atom. The van der Waals surface area contributed by atoms with Gasteiger partial charge >= 0.3 is 12.1 Å². The zero-order valence-electron chi connectivity index (χ0n) is 10.3. The minimum Gasteiger partial charge on any atom is -0.465 e. The average Bonchev–Trinajstić information content (AvgIpc) is 2.60. The second-order valence-electron chi connectivity index (χ2n) is 4.82. The molecule has 1 N–H and O–H groups in total. The highest BCUT2D eigenvalue weighted by molar-refractivity contribution is 5.76. The summed E-state index contributed by atoms with van der Waals surface area (Å²) in [6.45, 7) is 3.90. The fourth-order valence-electron chi connectivity index (χ4n) is 2.79. The number of piperidine rings is 1. The summed E-state index contributed by atoms with van der Waals surface area (Å²) in [6.07, 6.45) is 0.835. The first-order valence-electron chi connectivity index (χ1n) is 6.03. The number of carboxylic acid groups (broad SMARTS) is 1. The molecule has 96 valence electrons. The summed E-state index contributed by atoms with van der Waals surface area (Å²) in [6, 6.07) is -0.0666. The molecule has 2 heterocycles. The van der Waals surface area contributed by atoms with E-state index in [4.69, 9.17) is 5.11 Å². The predicted octanol–water partition coefficient (Wildman–Crippen LogP) is 0.885. The average molecular weight is 241 g/mol. The number of carbonyl (C=O) groups is 2. The van der Waals surface area contributed by atoms with E-state index in [9.17, 15) is 9.59 Å². The first kappa shape index (κ1) is 12.0. The minimum absolute atomic E-state index is 0.0223. The molecule has 3 amide bonds. The van der Waals surface area contributed by atoms with E-state index in [1.54, 1.807) is 11.9 Å². The van der Waals surface area contributed by atoms with Gasteiger partial charge in [0.05, 0.1) is 12.1 Å². The topological polar surface area (TPSA) is 64.1 Å². The standard InChI is InChI=1S/C11H19N3O3/c1-8-9(4-3-5-13(8)11(16)17)14-7-6-12(2)10(14)15/h8-9H,3-7H2,1-2H3,(H,16,17). The molecular formula is C11H19N3O3. The predicted molar refractivity (Wildman–Crippen MR) is 61.9 cm³/mol. The van der Waals surface area contributed by atoms with E-state index in [1.165, 1.54) is 4.90 Å². The molecule has 0 saturated carbocycles. The quantitative estimate of drug-likeness (QED) is 0.741. The van der Waals surface area contributed by atoms with E-state index in [0.717, 1.165) is 19.4 Å². The Kier molecular flexibility index (Phi) is 3.13. The maximum absolute atomic E-state index is 11.9. The van der Waals surface area contributed by atoms with E-state index in [0.29, 0.717) is 13.1 Å². The number of urea groups is 1. The molecule has 2 aliphatic rings. The number of likely N-dealkylation sites (tertiary alicyclic amines) is 1. The van der Waals surface area contributed by atoms with E-state index < -0.39 is 6.09 Å². The van der Waals surface area contributed by atoms with Crippen molar-refractivity contribution >= 4 is 12.1 Å². The van der Waals surface area contributed by atoms with Crippen LogP contribution in [0.15, 0.2) is 0 Å². The van der Waals surface area contributed by atoms with Crippen LogP contribution in [-0.2, 0) is 0 Å². The SMILES string of the molecule is CC1C(N2CCN(C)C2=O)CCCN1C(=O)O. The van der Waals surface area contributed by atoms with Crippen molar-refractivity contribution < 1.29 is 14.7 Å². The number of hydrogen-bond acceptors (Lipinski definition) is 2. The van der Waals surface area contributed by atoms with Crippen LogP contribution >= 0.6 is 0 Å². The van der Waals surface area contributed by atoms with Crippen LogP contribution in [-0.4, -0.2) is 70.7 Å². The first-order valence-corrected chi connectivity index (χ1v) is 6.03. The molecule has 17 heavy (non-hydrogen) atoms. The zero-order valence-corrected chi connectivity index (χ0v) is 10.3. The van der Waals surface area contributed by atoms with Gasteiger partial charge in [-0.3, -0.25) is 0 Å². The zero-order chi connectivity index (χ0) is 12.6. The van der Waals surface area contributed by atoms with Crippen LogP contribution < -0.4 is 0 Å². The van der Waals surface area contributed by atoms with Crippen molar-refractivity contribution in [2.45, 2.75) is 31.8 Å². The lowest BCUT2D eigenvalue weighted by Crippen LogP contribution is -2.56. The van der Waals surface area contributed by atoms with Gasteiger partial charge in [0.25, 0.3) is 0 Å². The Labute approximate surface area is 101 Å². The molecule has 2 unspecified atom stereocenters. The molecule has 2 fully saturated rings. The van der Waals surface area contributed by atoms with Crippen LogP contribution in [0.4, 0.5) is 9.59 Å². The summed E-state index contributed by atoms with van der Waals surface area (Å²) in [5.74, 6) is 0. The van der Waals surface area contributed by atoms with E-state index >= 15 is 0 Å². The summed E-state index contributed by atoms with van der Waals surface area (Å²) in [5.41, 5.74) is 0. The number of nitrogens with zero attached hydrogens (tertiary/aromatic N) is 3. The van der Waals surface area contributed by atoms with Gasteiger partial charge in [0.2, 0.25) is 0 Å². The molecule has 0 aromatic heterocycles. The normalized spacial score (nSPS) is 30.0. The highest BCUT2D eigenvalue weighted by Gasteiger charge is 2.39. The smallest absolute Gasteiger partial charge is 0.407 e. The molecule has 2 saturated heterocycles. The molecule has 2 rings (SSSR count). The molecule has 0 bridgehead atoms. The highest BCUT2D eigenvalue weighted by atomic mass is 16.4. The molecule has 0 aliphatic carbocycles. The number of carbonyl (C=O) groups excluding carboxylic acids is 1. The number of amides is 3. The van der Waals surface area contributed by atoms with Gasteiger partial charge in [0.15, 0.2) is 0 Å². The minimum atomic E-state index is -0.887. The molecule has 0 aromatic carbocycles. The lowest BCUT2D eigenvalue weighted by molar-refractivity contribution is 0.0666. The molecule has 6 nitrogen and oxygen atoms in total. The van der Waals surface area contributed by atoms with Gasteiger partial charge in [-0.2, -0.15) is 0 Å². The van der Waals surface area contributed by atoms with Crippen molar-refractivity contribution in [3.8, 4) is 0 Å². The van der Waals surface area contributed by atoms with Crippen LogP contribution in [0, 0.1) is 0 Å². The largest absolute Gasteiger partial charge is 0.465 e. The monoisotopic (exact) mass is 241 g/mol. The Morgan fingerprint density at radius 3 is 2.59 bits per heavy atom. The van der Waals surface area contributed by atoms with Crippen LogP contribution in [0.2, 0.25) is 0 Å². The van der Waals surface area contributed by atoms with Gasteiger partial charge in [-0.25, -0.2) is 9.59 Å². The third kappa shape index (κ3) is 2.03. The van der Waals surface area contributed by atoms with Gasteiger partial charge in [-0.15, -0.1) is 0 Å². The fourth-order valence-corrected chi connectivity index (χ4v) is 2.79. The third-order valence-corrected chi connectivity index (χ3v) is 3.84. The summed E-state index contributed by atoms with van der Waals surface area (Å²) in [5, 5.41) is 9.10. The molecule has 6 heteroatoms. The van der Waals surface area contributed by atoms with Crippen molar-refractivity contribution in [3.63, 3.8) is 0 Å². The molecular weight excluding hydrogens is 222 g/mol. The summed E-state index contributed by atoms with van der Waals surface area (Å²) >= 11 is 0. The van der Waals surface area contributed by atoms with E-state index in [1.807, 2.05) is 11.8 Å². The van der Waals surface area contributed by atoms with Gasteiger partial charge < -0.3 is 19.8 Å². The van der Waals surface area contributed by atoms with Crippen LogP contribution in [0.1, 0.15) is 19.8 Å². The van der Waals surface area contributed by atoms with Crippen molar-refractivity contribution in [3.05, 3.63) is 0 Å². The van der Waals surface area contributed by atoms with Gasteiger partial charge in [0.1, 0.15) is 0 Å². The highest BCUT2D eigenvalue weighted by Crippen LogP contribution is 2.25. The van der Waals surface area contributed by atoms with Crippen molar-refractivity contribution in [2.75, 3.05) is 26.7 Å². The van der Waals surface area contributed by atoms with E-state index in [-0.39, 0.29) is 18.1 Å². The Bertz CT molecular complexity index is 334. The number of hydrogen-bond donors (Lipinski definition) is 1. The van der Waals surface area contributed by atoms with Crippen LogP contribution in [0.5, 0.6) is 0 Å². The van der Waals surface area contributed by atoms with Gasteiger partial charge in [-0.1, -0.05) is 0 Å². The maximum atomic E-state index is 11.9. The molecule has 2 aliphatic heterocycles. The molecule has 0 spiro atoms. The summed E-state index contributed by atoms with van der Waals surface area (Å²) in [7, 11) is 1.78. The number of likely N-dealkylation sites (N-methyl/N-ethyl adjacent to an activating group) is 1. The molecule has 2 atom stereocenters. The number of rotatable bonds is 1. The second kappa shape index (κ2) is 4.43. The lowest BCUT2D eigenvalue weighted by Gasteiger charge is -2.41.